The smallest absolute Gasteiger partial charge is 0.408 e. The Morgan fingerprint density at radius 2 is 1.66 bits per heavy atom. The Morgan fingerprint density at radius 3 is 2.26 bits per heavy atom. The minimum absolute atomic E-state index is 0.0357. The first kappa shape index (κ1) is 24.3. The van der Waals surface area contributed by atoms with Crippen LogP contribution in [0.2, 0.25) is 0 Å². The maximum Gasteiger partial charge on any atom is 0.408 e. The summed E-state index contributed by atoms with van der Waals surface area (Å²) < 4.78 is 10.5. The number of carbonyl (C=O) groups excluding carboxylic acids is 3. The molecule has 1 fully saturated rings. The van der Waals surface area contributed by atoms with Crippen molar-refractivity contribution >= 4 is 23.9 Å². The number of likely N-dealkylation sites (tertiary alicyclic amines) is 1. The van der Waals surface area contributed by atoms with Crippen molar-refractivity contribution in [2.45, 2.75) is 31.7 Å². The van der Waals surface area contributed by atoms with Crippen LogP contribution in [0, 0.1) is 5.92 Å². The van der Waals surface area contributed by atoms with Gasteiger partial charge in [-0.3, -0.25) is 14.9 Å². The highest BCUT2D eigenvalue weighted by Crippen LogP contribution is 2.44. The number of nitrogens with one attached hydrogen (secondary N) is 1. The third-order valence-corrected chi connectivity index (χ3v) is 6.44. The van der Waals surface area contributed by atoms with E-state index in [4.69, 9.17) is 14.6 Å². The van der Waals surface area contributed by atoms with Crippen molar-refractivity contribution in [1.82, 2.24) is 10.2 Å². The van der Waals surface area contributed by atoms with E-state index in [2.05, 4.69) is 5.32 Å². The number of carbonyl (C=O) groups is 4. The summed E-state index contributed by atoms with van der Waals surface area (Å²) in [5.41, 5.74) is 4.25. The number of fused-ring (bicyclic) bond motifs is 3. The number of hydrogen-bond donors (Lipinski definition) is 2. The molecule has 0 aromatic heterocycles. The van der Waals surface area contributed by atoms with Gasteiger partial charge in [0.15, 0.2) is 0 Å². The van der Waals surface area contributed by atoms with Gasteiger partial charge in [0.25, 0.3) is 5.91 Å². The second-order valence-electron chi connectivity index (χ2n) is 8.69. The number of hydrogen-bond acceptors (Lipinski definition) is 6. The number of amides is 2. The summed E-state index contributed by atoms with van der Waals surface area (Å²) in [7, 11) is 0. The van der Waals surface area contributed by atoms with Gasteiger partial charge < -0.3 is 19.5 Å². The molecular weight excluding hydrogens is 452 g/mol. The lowest BCUT2D eigenvalue weighted by atomic mass is 9.98. The second kappa shape index (κ2) is 10.6. The highest BCUT2D eigenvalue weighted by Gasteiger charge is 2.38. The van der Waals surface area contributed by atoms with Crippen LogP contribution >= 0.6 is 0 Å². The Bertz CT molecular complexity index is 1090. The van der Waals surface area contributed by atoms with Gasteiger partial charge >= 0.3 is 18.0 Å². The average Bonchev–Trinajstić information content (AvgIpc) is 3.43. The van der Waals surface area contributed by atoms with Gasteiger partial charge in [0.2, 0.25) is 6.04 Å². The predicted octanol–water partition coefficient (Wildman–Crippen LogP) is 2.78. The number of nitrogens with zero attached hydrogens (tertiary/aromatic N) is 1. The van der Waals surface area contributed by atoms with Crippen LogP contribution < -0.4 is 5.32 Å². The highest BCUT2D eigenvalue weighted by atomic mass is 16.6. The van der Waals surface area contributed by atoms with Crippen LogP contribution in [0.1, 0.15) is 36.8 Å². The van der Waals surface area contributed by atoms with Gasteiger partial charge in [0, 0.05) is 25.4 Å². The quantitative estimate of drug-likeness (QED) is 0.440. The first-order valence-corrected chi connectivity index (χ1v) is 11.7. The Balaban J connectivity index is 1.42. The van der Waals surface area contributed by atoms with Crippen LogP contribution in [-0.2, 0) is 23.9 Å². The van der Waals surface area contributed by atoms with Crippen molar-refractivity contribution in [2.75, 3.05) is 26.3 Å². The van der Waals surface area contributed by atoms with E-state index in [0.29, 0.717) is 13.0 Å². The predicted molar refractivity (Wildman–Crippen MR) is 126 cm³/mol. The first-order valence-electron chi connectivity index (χ1n) is 11.7. The number of benzene rings is 2. The number of alkyl carbamates (subject to hydrolysis) is 1. The minimum Gasteiger partial charge on any atom is -0.481 e. The molecule has 4 rings (SSSR count). The van der Waals surface area contributed by atoms with E-state index in [0.717, 1.165) is 22.3 Å². The van der Waals surface area contributed by atoms with Gasteiger partial charge in [-0.1, -0.05) is 48.5 Å². The molecule has 0 saturated carbocycles. The molecule has 9 nitrogen and oxygen atoms in total. The van der Waals surface area contributed by atoms with Crippen molar-refractivity contribution in [2.24, 2.45) is 5.92 Å². The van der Waals surface area contributed by atoms with Gasteiger partial charge in [-0.25, -0.2) is 9.59 Å². The Labute approximate surface area is 203 Å². The molecule has 1 saturated heterocycles. The minimum atomic E-state index is -1.56. The zero-order valence-electron chi connectivity index (χ0n) is 19.4. The molecule has 9 heteroatoms. The molecule has 2 unspecified atom stereocenters. The number of aliphatic carboxylic acids is 1. The van der Waals surface area contributed by atoms with Gasteiger partial charge in [-0.15, -0.1) is 0 Å². The summed E-state index contributed by atoms with van der Waals surface area (Å²) in [5.74, 6) is -2.82. The molecule has 2 aliphatic rings. The summed E-state index contributed by atoms with van der Waals surface area (Å²) in [6.07, 6.45) is -0.453. The molecule has 1 heterocycles. The molecular formula is C26H28N2O7. The molecule has 0 radical (unpaired) electrons. The van der Waals surface area contributed by atoms with E-state index in [1.807, 2.05) is 48.5 Å². The van der Waals surface area contributed by atoms with E-state index in [1.54, 1.807) is 6.92 Å². The summed E-state index contributed by atoms with van der Waals surface area (Å²) >= 11 is 0. The molecule has 1 aliphatic heterocycles. The third-order valence-electron chi connectivity index (χ3n) is 6.44. The largest absolute Gasteiger partial charge is 0.481 e. The van der Waals surface area contributed by atoms with Gasteiger partial charge in [-0.05, 0) is 41.5 Å². The fourth-order valence-electron chi connectivity index (χ4n) is 4.83. The van der Waals surface area contributed by atoms with Crippen LogP contribution in [-0.4, -0.2) is 66.3 Å². The number of ether oxygens (including phenoxy) is 2. The number of carboxylic acids is 1. The lowest BCUT2D eigenvalue weighted by Gasteiger charge is -2.23. The third kappa shape index (κ3) is 5.29. The molecule has 35 heavy (non-hydrogen) atoms. The first-order chi connectivity index (χ1) is 16.9. The van der Waals surface area contributed by atoms with Crippen molar-refractivity contribution < 1.29 is 33.8 Å². The monoisotopic (exact) mass is 480 g/mol. The fourth-order valence-corrected chi connectivity index (χ4v) is 4.83. The lowest BCUT2D eigenvalue weighted by molar-refractivity contribution is -0.152. The Morgan fingerprint density at radius 1 is 1.03 bits per heavy atom. The summed E-state index contributed by atoms with van der Waals surface area (Å²) in [5, 5.41) is 11.4. The number of rotatable bonds is 8. The zero-order chi connectivity index (χ0) is 24.9. The number of carboxylic acid groups (broad SMARTS) is 1. The summed E-state index contributed by atoms with van der Waals surface area (Å²) in [4.78, 5) is 50.6. The molecule has 2 atom stereocenters. The normalized spacial score (nSPS) is 17.3. The van der Waals surface area contributed by atoms with E-state index >= 15 is 0 Å². The van der Waals surface area contributed by atoms with Gasteiger partial charge in [-0.2, -0.15) is 0 Å². The molecule has 0 bridgehead atoms. The fraction of sp³-hybridized carbons (Fsp3) is 0.385. The van der Waals surface area contributed by atoms with Crippen LogP contribution in [0.25, 0.3) is 11.1 Å². The molecule has 184 valence electrons. The van der Waals surface area contributed by atoms with Crippen LogP contribution in [0.4, 0.5) is 4.79 Å². The van der Waals surface area contributed by atoms with Crippen molar-refractivity contribution in [3.05, 3.63) is 59.7 Å². The van der Waals surface area contributed by atoms with E-state index in [9.17, 15) is 19.2 Å². The topological polar surface area (TPSA) is 122 Å². The molecule has 2 amide bonds. The lowest BCUT2D eigenvalue weighted by Crippen LogP contribution is -2.53. The molecule has 1 aliphatic carbocycles. The van der Waals surface area contributed by atoms with Crippen molar-refractivity contribution in [3.63, 3.8) is 0 Å². The maximum atomic E-state index is 13.0. The molecule has 2 aromatic rings. The maximum absolute atomic E-state index is 13.0. The van der Waals surface area contributed by atoms with E-state index in [-0.39, 0.29) is 38.0 Å². The standard InChI is InChI=1S/C26H28N2O7/c1-2-34-25(32)23(24(31)28-12-11-16(14-28)13-22(29)30)27-26(33)35-15-21-19-9-5-3-7-17(19)18-8-4-6-10-20(18)21/h3-10,16,21,23H,2,11-15H2,1H3,(H,27,33)(H,29,30). The second-order valence-corrected chi connectivity index (χ2v) is 8.69. The molecule has 0 spiro atoms. The zero-order valence-corrected chi connectivity index (χ0v) is 19.4. The van der Waals surface area contributed by atoms with Gasteiger partial charge in [0.1, 0.15) is 6.61 Å². The van der Waals surface area contributed by atoms with Crippen LogP contribution in [0.5, 0.6) is 0 Å². The van der Waals surface area contributed by atoms with Crippen molar-refractivity contribution in [3.8, 4) is 11.1 Å². The summed E-state index contributed by atoms with van der Waals surface area (Å²) in [6.45, 7) is 2.18. The average molecular weight is 481 g/mol. The SMILES string of the molecule is CCOC(=O)C(NC(=O)OCC1c2ccccc2-c2ccccc21)C(=O)N1CCC(CC(=O)O)C1. The van der Waals surface area contributed by atoms with Crippen molar-refractivity contribution in [1.29, 1.82) is 0 Å². The van der Waals surface area contributed by atoms with Crippen LogP contribution in [0.15, 0.2) is 48.5 Å². The van der Waals surface area contributed by atoms with Crippen LogP contribution in [0.3, 0.4) is 0 Å². The Kier molecular flexibility index (Phi) is 7.33. The highest BCUT2D eigenvalue weighted by molar-refractivity contribution is 6.04. The molecule has 2 aromatic carbocycles. The van der Waals surface area contributed by atoms with E-state index < -0.39 is 30.0 Å². The summed E-state index contributed by atoms with van der Waals surface area (Å²) in [6, 6.07) is 14.3. The molecule has 2 N–H and O–H groups in total. The van der Waals surface area contributed by atoms with E-state index in [1.165, 1.54) is 4.90 Å². The number of esters is 1. The Hall–Kier alpha value is -3.88. The van der Waals surface area contributed by atoms with Gasteiger partial charge in [0.05, 0.1) is 6.61 Å².